The molecule has 1 aromatic heterocycles. The smallest absolute Gasteiger partial charge is 0.244 e. The van der Waals surface area contributed by atoms with Gasteiger partial charge in [0.1, 0.15) is 10.7 Å². The molecule has 0 spiro atoms. The van der Waals surface area contributed by atoms with Crippen LogP contribution in [0, 0.1) is 0 Å². The summed E-state index contributed by atoms with van der Waals surface area (Å²) in [5, 5.41) is 0. The van der Waals surface area contributed by atoms with Gasteiger partial charge in [0, 0.05) is 23.3 Å². The zero-order valence-electron chi connectivity index (χ0n) is 12.0. The Morgan fingerprint density at radius 3 is 2.76 bits per heavy atom. The minimum atomic E-state index is -3.66. The Morgan fingerprint density at radius 1 is 1.43 bits per heavy atom. The first-order valence-electron chi connectivity index (χ1n) is 7.04. The predicted molar refractivity (Wildman–Crippen MR) is 86.4 cm³/mol. The fourth-order valence-corrected chi connectivity index (χ4v) is 4.37. The molecule has 1 atom stereocenters. The molecule has 1 fully saturated rings. The maximum Gasteiger partial charge on any atom is 0.244 e. The van der Waals surface area contributed by atoms with Gasteiger partial charge in [0.2, 0.25) is 10.0 Å². The van der Waals surface area contributed by atoms with Crippen LogP contribution in [0.1, 0.15) is 26.2 Å². The molecule has 6 nitrogen and oxygen atoms in total. The molecular formula is C13H21BrN4O2S. The second-order valence-corrected chi connectivity index (χ2v) is 8.02. The van der Waals surface area contributed by atoms with Crippen molar-refractivity contribution in [2.24, 2.45) is 0 Å². The van der Waals surface area contributed by atoms with Crippen molar-refractivity contribution in [3.05, 3.63) is 16.7 Å². The topological polar surface area (TPSA) is 88.3 Å². The van der Waals surface area contributed by atoms with E-state index in [1.807, 2.05) is 6.92 Å². The Hall–Kier alpha value is -0.700. The largest absolute Gasteiger partial charge is 0.383 e. The highest BCUT2D eigenvalue weighted by Crippen LogP contribution is 2.20. The van der Waals surface area contributed by atoms with Crippen molar-refractivity contribution >= 4 is 31.8 Å². The molecule has 1 saturated heterocycles. The number of nitrogens with two attached hydrogens (primary N) is 1. The van der Waals surface area contributed by atoms with E-state index in [0.717, 1.165) is 13.1 Å². The first-order chi connectivity index (χ1) is 9.88. The van der Waals surface area contributed by atoms with E-state index in [9.17, 15) is 8.42 Å². The van der Waals surface area contributed by atoms with Gasteiger partial charge in [-0.2, -0.15) is 0 Å². The zero-order valence-corrected chi connectivity index (χ0v) is 14.5. The number of halogens is 1. The van der Waals surface area contributed by atoms with Gasteiger partial charge in [-0.05, 0) is 54.9 Å². The summed E-state index contributed by atoms with van der Waals surface area (Å²) in [5.74, 6) is 0.0101. The van der Waals surface area contributed by atoms with Crippen molar-refractivity contribution in [2.45, 2.75) is 37.1 Å². The third-order valence-electron chi connectivity index (χ3n) is 3.47. The van der Waals surface area contributed by atoms with Crippen molar-refractivity contribution in [1.29, 1.82) is 0 Å². The number of sulfonamides is 1. The van der Waals surface area contributed by atoms with Crippen molar-refractivity contribution in [1.82, 2.24) is 14.6 Å². The molecule has 1 aliphatic rings. The number of piperidine rings is 1. The van der Waals surface area contributed by atoms with E-state index < -0.39 is 10.0 Å². The molecule has 3 N–H and O–H groups in total. The predicted octanol–water partition coefficient (Wildman–Crippen LogP) is 1.58. The van der Waals surface area contributed by atoms with Gasteiger partial charge in [-0.3, -0.25) is 0 Å². The van der Waals surface area contributed by atoms with E-state index in [-0.39, 0.29) is 16.8 Å². The molecule has 118 valence electrons. The van der Waals surface area contributed by atoms with Crippen LogP contribution in [0.15, 0.2) is 21.6 Å². The highest BCUT2D eigenvalue weighted by Gasteiger charge is 2.23. The summed E-state index contributed by atoms with van der Waals surface area (Å²) >= 11 is 3.22. The molecule has 0 amide bonds. The Morgan fingerprint density at radius 2 is 2.10 bits per heavy atom. The highest BCUT2D eigenvalue weighted by atomic mass is 79.9. The fraction of sp³-hybridized carbons (Fsp3) is 0.615. The van der Waals surface area contributed by atoms with Gasteiger partial charge in [0.25, 0.3) is 0 Å². The lowest BCUT2D eigenvalue weighted by Gasteiger charge is -2.29. The van der Waals surface area contributed by atoms with E-state index in [0.29, 0.717) is 11.0 Å². The molecule has 1 unspecified atom stereocenters. The Balaban J connectivity index is 2.04. The van der Waals surface area contributed by atoms with Crippen molar-refractivity contribution < 1.29 is 8.42 Å². The number of rotatable bonds is 5. The molecule has 0 radical (unpaired) electrons. The van der Waals surface area contributed by atoms with Gasteiger partial charge in [-0.1, -0.05) is 6.42 Å². The average Bonchev–Trinajstić information content (AvgIpc) is 2.41. The summed E-state index contributed by atoms with van der Waals surface area (Å²) < 4.78 is 28.0. The number of hydrogen-bond donors (Lipinski definition) is 2. The SMILES string of the molecule is CC(CN1CCCCC1)NS(=O)(=O)c1cc(Br)cnc1N. The molecule has 2 rings (SSSR count). The number of nitrogen functional groups attached to an aromatic ring is 1. The number of hydrogen-bond acceptors (Lipinski definition) is 5. The molecule has 0 aromatic carbocycles. The summed E-state index contributed by atoms with van der Waals surface area (Å²) in [4.78, 5) is 6.18. The molecule has 0 saturated carbocycles. The van der Waals surface area contributed by atoms with Gasteiger partial charge in [0.05, 0.1) is 0 Å². The van der Waals surface area contributed by atoms with Gasteiger partial charge >= 0.3 is 0 Å². The summed E-state index contributed by atoms with van der Waals surface area (Å²) in [5.41, 5.74) is 5.67. The lowest BCUT2D eigenvalue weighted by atomic mass is 10.1. The monoisotopic (exact) mass is 376 g/mol. The maximum atomic E-state index is 12.4. The Kier molecular flexibility index (Phi) is 5.59. The second-order valence-electron chi connectivity index (χ2n) is 5.42. The van der Waals surface area contributed by atoms with E-state index >= 15 is 0 Å². The zero-order chi connectivity index (χ0) is 15.5. The summed E-state index contributed by atoms with van der Waals surface area (Å²) in [7, 11) is -3.66. The summed E-state index contributed by atoms with van der Waals surface area (Å²) in [6, 6.07) is 1.30. The third kappa shape index (κ3) is 4.64. The first-order valence-corrected chi connectivity index (χ1v) is 9.32. The number of anilines is 1. The van der Waals surface area contributed by atoms with Gasteiger partial charge in [-0.25, -0.2) is 18.1 Å². The van der Waals surface area contributed by atoms with Crippen LogP contribution in [0.4, 0.5) is 5.82 Å². The molecule has 0 aliphatic carbocycles. The van der Waals surface area contributed by atoms with E-state index in [2.05, 4.69) is 30.5 Å². The number of pyridine rings is 1. The lowest BCUT2D eigenvalue weighted by molar-refractivity contribution is 0.215. The lowest BCUT2D eigenvalue weighted by Crippen LogP contribution is -2.43. The minimum Gasteiger partial charge on any atom is -0.383 e. The number of nitrogens with one attached hydrogen (secondary N) is 1. The second kappa shape index (κ2) is 7.04. The van der Waals surface area contributed by atoms with Gasteiger partial charge in [-0.15, -0.1) is 0 Å². The molecule has 1 aromatic rings. The van der Waals surface area contributed by atoms with E-state index in [4.69, 9.17) is 5.73 Å². The molecule has 8 heteroatoms. The van der Waals surface area contributed by atoms with Crippen LogP contribution in [0.25, 0.3) is 0 Å². The Labute approximate surface area is 134 Å². The Bertz CT molecular complexity index is 588. The van der Waals surface area contributed by atoms with Crippen molar-refractivity contribution in [2.75, 3.05) is 25.4 Å². The molecule has 0 bridgehead atoms. The van der Waals surface area contributed by atoms with Crippen LogP contribution >= 0.6 is 15.9 Å². The van der Waals surface area contributed by atoms with Crippen LogP contribution in [0.3, 0.4) is 0 Å². The first kappa shape index (κ1) is 16.7. The average molecular weight is 377 g/mol. The van der Waals surface area contributed by atoms with Crippen LogP contribution in [-0.4, -0.2) is 44.0 Å². The van der Waals surface area contributed by atoms with Crippen molar-refractivity contribution in [3.8, 4) is 0 Å². The maximum absolute atomic E-state index is 12.4. The van der Waals surface area contributed by atoms with Crippen molar-refractivity contribution in [3.63, 3.8) is 0 Å². The van der Waals surface area contributed by atoms with E-state index in [1.165, 1.54) is 31.5 Å². The van der Waals surface area contributed by atoms with Crippen LogP contribution < -0.4 is 10.5 Å². The minimum absolute atomic E-state index is 0.0101. The number of likely N-dealkylation sites (tertiary alicyclic amines) is 1. The quantitative estimate of drug-likeness (QED) is 0.814. The number of nitrogens with zero attached hydrogens (tertiary/aromatic N) is 2. The molecule has 1 aliphatic heterocycles. The van der Waals surface area contributed by atoms with E-state index in [1.54, 1.807) is 0 Å². The van der Waals surface area contributed by atoms with Crippen LogP contribution in [0.5, 0.6) is 0 Å². The number of aromatic nitrogens is 1. The van der Waals surface area contributed by atoms with Crippen LogP contribution in [-0.2, 0) is 10.0 Å². The normalized spacial score (nSPS) is 18.6. The van der Waals surface area contributed by atoms with Crippen LogP contribution in [0.2, 0.25) is 0 Å². The standard InChI is InChI=1S/C13H21BrN4O2S/c1-10(9-18-5-3-2-4-6-18)17-21(19,20)12-7-11(14)8-16-13(12)15/h7-8,10,17H,2-6,9H2,1H3,(H2,15,16). The van der Waals surface area contributed by atoms with Gasteiger partial charge < -0.3 is 10.6 Å². The fourth-order valence-electron chi connectivity index (χ4n) is 2.54. The molecular weight excluding hydrogens is 356 g/mol. The summed E-state index contributed by atoms with van der Waals surface area (Å²) in [6.07, 6.45) is 5.10. The highest BCUT2D eigenvalue weighted by molar-refractivity contribution is 9.10. The molecule has 21 heavy (non-hydrogen) atoms. The molecule has 2 heterocycles. The summed E-state index contributed by atoms with van der Waals surface area (Å²) in [6.45, 7) is 4.65. The van der Waals surface area contributed by atoms with Gasteiger partial charge in [0.15, 0.2) is 0 Å². The third-order valence-corrected chi connectivity index (χ3v) is 5.53.